The van der Waals surface area contributed by atoms with Crippen molar-refractivity contribution in [3.63, 3.8) is 0 Å². The van der Waals surface area contributed by atoms with Crippen LogP contribution in [0.15, 0.2) is 35.3 Å². The van der Waals surface area contributed by atoms with E-state index >= 15 is 0 Å². The number of rotatable bonds is 2. The molecule has 0 atom stereocenters. The highest BCUT2D eigenvalue weighted by molar-refractivity contribution is 6.07. The minimum Gasteiger partial charge on any atom is -0.496 e. The third-order valence-electron chi connectivity index (χ3n) is 3.27. The molecule has 6 nitrogen and oxygen atoms in total. The van der Waals surface area contributed by atoms with Crippen LogP contribution in [0.4, 0.5) is 0 Å². The first kappa shape index (κ1) is 13.1. The number of ether oxygens (including phenoxy) is 2. The quantitative estimate of drug-likeness (QED) is 0.574. The molecule has 21 heavy (non-hydrogen) atoms. The van der Waals surface area contributed by atoms with Crippen molar-refractivity contribution < 1.29 is 14.3 Å². The first-order valence-corrected chi connectivity index (χ1v) is 6.22. The van der Waals surface area contributed by atoms with E-state index in [0.29, 0.717) is 22.2 Å². The molecule has 1 N–H and O–H groups in total. The molecule has 0 amide bonds. The van der Waals surface area contributed by atoms with Gasteiger partial charge in [-0.15, -0.1) is 0 Å². The Morgan fingerprint density at radius 1 is 1.29 bits per heavy atom. The molecule has 0 spiro atoms. The van der Waals surface area contributed by atoms with Gasteiger partial charge in [0.15, 0.2) is 5.43 Å². The Labute approximate surface area is 119 Å². The molecule has 0 saturated carbocycles. The number of benzene rings is 1. The molecule has 0 radical (unpaired) electrons. The van der Waals surface area contributed by atoms with Gasteiger partial charge in [0, 0.05) is 17.6 Å². The van der Waals surface area contributed by atoms with Crippen LogP contribution < -0.4 is 10.2 Å². The maximum absolute atomic E-state index is 12.3. The summed E-state index contributed by atoms with van der Waals surface area (Å²) in [5, 5.41) is 1.16. The second-order valence-corrected chi connectivity index (χ2v) is 4.44. The van der Waals surface area contributed by atoms with Crippen LogP contribution in [0.3, 0.4) is 0 Å². The van der Waals surface area contributed by atoms with E-state index in [4.69, 9.17) is 4.74 Å². The number of H-pyrrole nitrogens is 1. The van der Waals surface area contributed by atoms with Crippen molar-refractivity contribution in [2.24, 2.45) is 0 Å². The number of carbonyl (C=O) groups excluding carboxylic acids is 1. The minimum atomic E-state index is -0.610. The van der Waals surface area contributed by atoms with Crippen molar-refractivity contribution in [1.29, 1.82) is 0 Å². The largest absolute Gasteiger partial charge is 0.496 e. The van der Waals surface area contributed by atoms with Crippen LogP contribution in [0.25, 0.3) is 21.8 Å². The lowest BCUT2D eigenvalue weighted by Crippen LogP contribution is -2.12. The maximum atomic E-state index is 12.3. The van der Waals surface area contributed by atoms with Gasteiger partial charge < -0.3 is 14.5 Å². The van der Waals surface area contributed by atoms with E-state index in [1.54, 1.807) is 18.3 Å². The van der Waals surface area contributed by atoms with Crippen molar-refractivity contribution >= 4 is 27.8 Å². The summed E-state index contributed by atoms with van der Waals surface area (Å²) >= 11 is 0. The summed E-state index contributed by atoms with van der Waals surface area (Å²) in [7, 11) is 2.75. The number of esters is 1. The van der Waals surface area contributed by atoms with Gasteiger partial charge in [0.25, 0.3) is 0 Å². The summed E-state index contributed by atoms with van der Waals surface area (Å²) in [5.74, 6) is -0.177. The zero-order chi connectivity index (χ0) is 15.0. The zero-order valence-corrected chi connectivity index (χ0v) is 11.5. The number of methoxy groups -OCH3 is 2. The summed E-state index contributed by atoms with van der Waals surface area (Å²) in [5.41, 5.74) is 0.803. The molecule has 0 aliphatic rings. The van der Waals surface area contributed by atoms with Crippen LogP contribution in [-0.2, 0) is 4.74 Å². The SMILES string of the molecule is COC(=O)c1cc(=O)c2c(OC)cc3cccnc3c2[nH]1. The van der Waals surface area contributed by atoms with Crippen LogP contribution in [0.2, 0.25) is 0 Å². The first-order valence-electron chi connectivity index (χ1n) is 6.22. The molecular formula is C15H12N2O4. The summed E-state index contributed by atoms with van der Waals surface area (Å²) < 4.78 is 9.93. The summed E-state index contributed by atoms with van der Waals surface area (Å²) in [6.45, 7) is 0. The summed E-state index contributed by atoms with van der Waals surface area (Å²) in [4.78, 5) is 31.2. The van der Waals surface area contributed by atoms with Gasteiger partial charge in [0.2, 0.25) is 0 Å². The maximum Gasteiger partial charge on any atom is 0.354 e. The highest BCUT2D eigenvalue weighted by Crippen LogP contribution is 2.29. The molecule has 0 saturated heterocycles. The number of nitrogens with zero attached hydrogens (tertiary/aromatic N) is 1. The van der Waals surface area contributed by atoms with E-state index in [9.17, 15) is 9.59 Å². The van der Waals surface area contributed by atoms with Crippen LogP contribution in [0, 0.1) is 0 Å². The van der Waals surface area contributed by atoms with E-state index in [2.05, 4.69) is 14.7 Å². The van der Waals surface area contributed by atoms with Crippen molar-refractivity contribution in [3.05, 3.63) is 46.4 Å². The molecule has 0 fully saturated rings. The number of hydrogen-bond acceptors (Lipinski definition) is 5. The smallest absolute Gasteiger partial charge is 0.354 e. The van der Waals surface area contributed by atoms with E-state index < -0.39 is 5.97 Å². The van der Waals surface area contributed by atoms with E-state index in [0.717, 1.165) is 5.39 Å². The second kappa shape index (κ2) is 4.90. The van der Waals surface area contributed by atoms with Gasteiger partial charge >= 0.3 is 5.97 Å². The number of hydrogen-bond donors (Lipinski definition) is 1. The predicted molar refractivity (Wildman–Crippen MR) is 77.8 cm³/mol. The van der Waals surface area contributed by atoms with Crippen LogP contribution in [-0.4, -0.2) is 30.2 Å². The van der Waals surface area contributed by atoms with Gasteiger partial charge in [0.1, 0.15) is 11.4 Å². The number of fused-ring (bicyclic) bond motifs is 3. The molecule has 0 aliphatic carbocycles. The Kier molecular flexibility index (Phi) is 3.06. The fraction of sp³-hybridized carbons (Fsp3) is 0.133. The van der Waals surface area contributed by atoms with Gasteiger partial charge in [-0.1, -0.05) is 6.07 Å². The van der Waals surface area contributed by atoms with E-state index in [-0.39, 0.29) is 11.1 Å². The molecule has 6 heteroatoms. The molecule has 2 aromatic heterocycles. The molecule has 2 heterocycles. The molecule has 3 rings (SSSR count). The predicted octanol–water partition coefficient (Wildman–Crippen LogP) is 1.87. The highest BCUT2D eigenvalue weighted by Gasteiger charge is 2.15. The highest BCUT2D eigenvalue weighted by atomic mass is 16.5. The van der Waals surface area contributed by atoms with Gasteiger partial charge in [0.05, 0.1) is 30.6 Å². The van der Waals surface area contributed by atoms with Crippen LogP contribution in [0.1, 0.15) is 10.5 Å². The number of nitrogens with one attached hydrogen (secondary N) is 1. The third kappa shape index (κ3) is 2.01. The minimum absolute atomic E-state index is 0.0789. The van der Waals surface area contributed by atoms with Gasteiger partial charge in [-0.3, -0.25) is 9.78 Å². The molecule has 106 valence electrons. The fourth-order valence-corrected chi connectivity index (χ4v) is 2.32. The van der Waals surface area contributed by atoms with Crippen molar-refractivity contribution in [2.45, 2.75) is 0 Å². The summed E-state index contributed by atoms with van der Waals surface area (Å²) in [6, 6.07) is 6.59. The van der Waals surface area contributed by atoms with Crippen molar-refractivity contribution in [3.8, 4) is 5.75 Å². The summed E-state index contributed by atoms with van der Waals surface area (Å²) in [6.07, 6.45) is 1.62. The topological polar surface area (TPSA) is 81.3 Å². The Balaban J connectivity index is 2.52. The van der Waals surface area contributed by atoms with Gasteiger partial charge in [-0.05, 0) is 12.1 Å². The molecule has 0 bridgehead atoms. The fourth-order valence-electron chi connectivity index (χ4n) is 2.32. The lowest BCUT2D eigenvalue weighted by Gasteiger charge is -2.09. The Hall–Kier alpha value is -2.89. The van der Waals surface area contributed by atoms with E-state index in [1.807, 2.05) is 6.07 Å². The molecule has 0 unspecified atom stereocenters. The Morgan fingerprint density at radius 2 is 2.10 bits per heavy atom. The number of aromatic nitrogens is 2. The van der Waals surface area contributed by atoms with E-state index in [1.165, 1.54) is 20.3 Å². The average Bonchev–Trinajstić information content (AvgIpc) is 2.52. The number of carbonyl (C=O) groups is 1. The normalized spacial score (nSPS) is 10.8. The lowest BCUT2D eigenvalue weighted by atomic mass is 10.1. The molecule has 0 aliphatic heterocycles. The van der Waals surface area contributed by atoms with Crippen molar-refractivity contribution in [2.75, 3.05) is 14.2 Å². The van der Waals surface area contributed by atoms with Crippen LogP contribution >= 0.6 is 0 Å². The number of aromatic amines is 1. The third-order valence-corrected chi connectivity index (χ3v) is 3.27. The Morgan fingerprint density at radius 3 is 2.81 bits per heavy atom. The first-order chi connectivity index (χ1) is 10.2. The molecule has 1 aromatic carbocycles. The Bertz CT molecular complexity index is 915. The lowest BCUT2D eigenvalue weighted by molar-refractivity contribution is 0.0594. The standard InChI is InChI=1S/C15H12N2O4/c1-20-11-6-8-4-3-5-16-13(8)14-12(11)10(18)7-9(17-14)15(19)21-2/h3-7H,1-2H3,(H,17,18). The monoisotopic (exact) mass is 284 g/mol. The number of pyridine rings is 2. The van der Waals surface area contributed by atoms with Gasteiger partial charge in [-0.2, -0.15) is 0 Å². The van der Waals surface area contributed by atoms with Crippen LogP contribution in [0.5, 0.6) is 5.75 Å². The van der Waals surface area contributed by atoms with Gasteiger partial charge in [-0.25, -0.2) is 4.79 Å². The molecule has 3 aromatic rings. The second-order valence-electron chi connectivity index (χ2n) is 4.44. The average molecular weight is 284 g/mol. The van der Waals surface area contributed by atoms with Crippen molar-refractivity contribution in [1.82, 2.24) is 9.97 Å². The molecular weight excluding hydrogens is 272 g/mol. The zero-order valence-electron chi connectivity index (χ0n) is 11.5.